The van der Waals surface area contributed by atoms with Crippen LogP contribution in [-0.4, -0.2) is 73.3 Å². The van der Waals surface area contributed by atoms with Crippen molar-refractivity contribution in [1.29, 1.82) is 0 Å². The minimum Gasteiger partial charge on any atom is -0.459 e. The summed E-state index contributed by atoms with van der Waals surface area (Å²) in [5.41, 5.74) is 3.95. The van der Waals surface area contributed by atoms with Crippen LogP contribution in [0.15, 0.2) is 65.7 Å². The summed E-state index contributed by atoms with van der Waals surface area (Å²) >= 11 is 1.74. The van der Waals surface area contributed by atoms with Gasteiger partial charge in [-0.3, -0.25) is 4.48 Å². The highest BCUT2D eigenvalue weighted by Gasteiger charge is 2.34. The number of piperazine rings is 1. The first-order chi connectivity index (χ1) is 20.2. The fourth-order valence-electron chi connectivity index (χ4n) is 5.19. The van der Waals surface area contributed by atoms with Gasteiger partial charge in [0.05, 0.1) is 50.2 Å². The van der Waals surface area contributed by atoms with Gasteiger partial charge in [0.25, 0.3) is 0 Å². The van der Waals surface area contributed by atoms with Gasteiger partial charge in [-0.1, -0.05) is 56.3 Å². The van der Waals surface area contributed by atoms with E-state index in [1.165, 1.54) is 4.88 Å². The molecule has 5 rings (SSSR count). The zero-order valence-electron chi connectivity index (χ0n) is 24.8. The summed E-state index contributed by atoms with van der Waals surface area (Å²) in [6.07, 6.45) is -0.137. The van der Waals surface area contributed by atoms with Crippen LogP contribution in [0, 0.1) is 12.8 Å². The maximum absolute atomic E-state index is 12.8. The Hall–Kier alpha value is -3.89. The Morgan fingerprint density at radius 1 is 1.07 bits per heavy atom. The zero-order chi connectivity index (χ0) is 29.7. The number of amidine groups is 1. The number of hydrogen-bond donors (Lipinski definition) is 2. The van der Waals surface area contributed by atoms with Crippen molar-refractivity contribution in [2.45, 2.75) is 39.8 Å². The molecule has 0 spiro atoms. The lowest BCUT2D eigenvalue weighted by molar-refractivity contribution is -0.928. The average molecular weight is 591 g/mol. The van der Waals surface area contributed by atoms with Crippen LogP contribution in [-0.2, 0) is 20.9 Å². The number of amides is 1. The monoisotopic (exact) mass is 590 g/mol. The molecule has 0 radical (unpaired) electrons. The molecule has 9 nitrogen and oxygen atoms in total. The van der Waals surface area contributed by atoms with Gasteiger partial charge in [-0.05, 0) is 43.0 Å². The maximum Gasteiger partial charge on any atom is 0.412 e. The zero-order valence-corrected chi connectivity index (χ0v) is 25.6. The molecule has 2 aliphatic rings. The standard InChI is InChI=1S/C32H39N5O4S/c1-22(2)18-28(31(38)40-20-24-10-6-5-7-11-24)35-32(39)41-21-37(4)16-14-36(15-17-37)29-25-19-23(3)42-30(25)34-27-13-9-8-12-26(27)33-29/h5-13,19,22,28H,14-18,20-21H2,1-4H3,(H-,33,34,35,39)/p+1/t28-/m0/s1. The first kappa shape index (κ1) is 29.6. The molecule has 2 N–H and O–H groups in total. The molecule has 1 saturated heterocycles. The Morgan fingerprint density at radius 2 is 1.79 bits per heavy atom. The Kier molecular flexibility index (Phi) is 9.13. The second-order valence-corrected chi connectivity index (χ2v) is 13.0. The number of thiophene rings is 1. The number of hydrogen-bond acceptors (Lipinski definition) is 8. The number of ether oxygens (including phenoxy) is 2. The quantitative estimate of drug-likeness (QED) is 0.255. The number of nitrogens with one attached hydrogen (secondary N) is 2. The van der Waals surface area contributed by atoms with E-state index in [1.807, 2.05) is 62.4 Å². The largest absolute Gasteiger partial charge is 0.459 e. The summed E-state index contributed by atoms with van der Waals surface area (Å²) in [5, 5.41) is 7.43. The maximum atomic E-state index is 12.8. The van der Waals surface area contributed by atoms with E-state index in [-0.39, 0.29) is 19.3 Å². The summed E-state index contributed by atoms with van der Waals surface area (Å²) in [6.45, 7) is 9.63. The van der Waals surface area contributed by atoms with Crippen molar-refractivity contribution in [3.63, 3.8) is 0 Å². The number of para-hydroxylation sites is 2. The lowest BCUT2D eigenvalue weighted by atomic mass is 10.0. The predicted octanol–water partition coefficient (Wildman–Crippen LogP) is 5.80. The lowest BCUT2D eigenvalue weighted by Crippen LogP contribution is -2.59. The molecular weight excluding hydrogens is 550 g/mol. The summed E-state index contributed by atoms with van der Waals surface area (Å²) in [7, 11) is 2.09. The van der Waals surface area contributed by atoms with E-state index in [1.54, 1.807) is 11.3 Å². The number of carbonyl (C=O) groups is 2. The number of nitrogens with zero attached hydrogens (tertiary/aromatic N) is 3. The molecule has 1 atom stereocenters. The van der Waals surface area contributed by atoms with Crippen molar-refractivity contribution in [3.8, 4) is 0 Å². The summed E-state index contributed by atoms with van der Waals surface area (Å²) in [6, 6.07) is 19.1. The van der Waals surface area contributed by atoms with Crippen molar-refractivity contribution in [3.05, 3.63) is 76.7 Å². The SMILES string of the molecule is Cc1cc2c(s1)Nc1ccccc1N=C2N1CC[N+](C)(COC(=O)N[C@@H](CC(C)C)C(=O)OCc2ccccc2)CC1. The molecule has 3 heterocycles. The number of fused-ring (bicyclic) bond motifs is 2. The Balaban J connectivity index is 1.17. The van der Waals surface area contributed by atoms with Crippen molar-refractivity contribution >= 4 is 45.6 Å². The van der Waals surface area contributed by atoms with Gasteiger partial charge in [0, 0.05) is 4.88 Å². The Bertz CT molecular complexity index is 1430. The van der Waals surface area contributed by atoms with Crippen LogP contribution in [0.5, 0.6) is 0 Å². The summed E-state index contributed by atoms with van der Waals surface area (Å²) in [5.74, 6) is 0.711. The van der Waals surface area contributed by atoms with Gasteiger partial charge < -0.3 is 25.0 Å². The van der Waals surface area contributed by atoms with Crippen LogP contribution in [0.4, 0.5) is 21.2 Å². The molecular formula is C32H40N5O4S+. The molecule has 0 unspecified atom stereocenters. The minimum atomic E-state index is -0.767. The summed E-state index contributed by atoms with van der Waals surface area (Å²) < 4.78 is 11.8. The molecule has 0 saturated carbocycles. The molecule has 222 valence electrons. The highest BCUT2D eigenvalue weighted by atomic mass is 32.1. The normalized spacial score (nSPS) is 16.3. The van der Waals surface area contributed by atoms with Crippen molar-refractivity contribution < 1.29 is 23.5 Å². The smallest absolute Gasteiger partial charge is 0.412 e. The highest BCUT2D eigenvalue weighted by Crippen LogP contribution is 2.39. The van der Waals surface area contributed by atoms with Gasteiger partial charge >= 0.3 is 12.1 Å². The van der Waals surface area contributed by atoms with E-state index in [0.717, 1.165) is 59.5 Å². The van der Waals surface area contributed by atoms with Gasteiger partial charge in [-0.2, -0.15) is 0 Å². The van der Waals surface area contributed by atoms with E-state index < -0.39 is 18.1 Å². The molecule has 0 aliphatic carbocycles. The molecule has 0 bridgehead atoms. The minimum absolute atomic E-state index is 0.163. The number of alkyl carbamates (subject to hydrolysis) is 1. The number of benzene rings is 2. The number of esters is 1. The van der Waals surface area contributed by atoms with Crippen LogP contribution >= 0.6 is 11.3 Å². The number of anilines is 2. The van der Waals surface area contributed by atoms with Gasteiger partial charge in [-0.15, -0.1) is 11.3 Å². The van der Waals surface area contributed by atoms with Crippen molar-refractivity contribution in [2.24, 2.45) is 10.9 Å². The number of carbonyl (C=O) groups excluding carboxylic acids is 2. The van der Waals surface area contributed by atoms with E-state index in [4.69, 9.17) is 14.5 Å². The average Bonchev–Trinajstić information content (AvgIpc) is 3.27. The van der Waals surface area contributed by atoms with E-state index in [9.17, 15) is 9.59 Å². The second kappa shape index (κ2) is 13.0. The molecule has 10 heteroatoms. The molecule has 2 aliphatic heterocycles. The number of quaternary nitrogens is 1. The van der Waals surface area contributed by atoms with Gasteiger partial charge in [-0.25, -0.2) is 14.6 Å². The topological polar surface area (TPSA) is 92.3 Å². The Labute approximate surface area is 251 Å². The molecule has 1 amide bonds. The third-order valence-electron chi connectivity index (χ3n) is 7.61. The van der Waals surface area contributed by atoms with Crippen LogP contribution in [0.25, 0.3) is 0 Å². The van der Waals surface area contributed by atoms with E-state index in [0.29, 0.717) is 10.9 Å². The molecule has 42 heavy (non-hydrogen) atoms. The third kappa shape index (κ3) is 7.30. The van der Waals surface area contributed by atoms with Gasteiger partial charge in [0.2, 0.25) is 6.73 Å². The predicted molar refractivity (Wildman–Crippen MR) is 166 cm³/mol. The lowest BCUT2D eigenvalue weighted by Gasteiger charge is -2.42. The molecule has 1 fully saturated rings. The highest BCUT2D eigenvalue weighted by molar-refractivity contribution is 7.16. The molecule has 2 aromatic carbocycles. The van der Waals surface area contributed by atoms with Crippen LogP contribution in [0.1, 0.15) is 36.3 Å². The van der Waals surface area contributed by atoms with E-state index in [2.05, 4.69) is 41.6 Å². The van der Waals surface area contributed by atoms with Gasteiger partial charge in [0.15, 0.2) is 0 Å². The third-order valence-corrected chi connectivity index (χ3v) is 8.57. The molecule has 3 aromatic rings. The second-order valence-electron chi connectivity index (χ2n) is 11.7. The number of likely N-dealkylation sites (N-methyl/N-ethyl adjacent to an activating group) is 1. The summed E-state index contributed by atoms with van der Waals surface area (Å²) in [4.78, 5) is 34.3. The number of aryl methyl sites for hydroxylation is 1. The number of aliphatic imine (C=N–C) groups is 1. The number of rotatable bonds is 8. The van der Waals surface area contributed by atoms with Crippen molar-refractivity contribution in [1.82, 2.24) is 10.2 Å². The van der Waals surface area contributed by atoms with Crippen molar-refractivity contribution in [2.75, 3.05) is 45.3 Å². The first-order valence-corrected chi connectivity index (χ1v) is 15.3. The van der Waals surface area contributed by atoms with Gasteiger partial charge in [0.1, 0.15) is 23.5 Å². The molecule has 1 aromatic heterocycles. The van der Waals surface area contributed by atoms with Crippen LogP contribution in [0.2, 0.25) is 0 Å². The van der Waals surface area contributed by atoms with Crippen LogP contribution < -0.4 is 10.6 Å². The van der Waals surface area contributed by atoms with E-state index >= 15 is 0 Å². The fraction of sp³-hybridized carbons (Fsp3) is 0.406. The Morgan fingerprint density at radius 3 is 2.52 bits per heavy atom. The fourth-order valence-corrected chi connectivity index (χ4v) is 6.11. The first-order valence-electron chi connectivity index (χ1n) is 14.5. The van der Waals surface area contributed by atoms with Crippen LogP contribution in [0.3, 0.4) is 0 Å².